The molecule has 0 bridgehead atoms. The van der Waals surface area contributed by atoms with E-state index in [1.807, 2.05) is 49.4 Å². The summed E-state index contributed by atoms with van der Waals surface area (Å²) in [7, 11) is 0. The quantitative estimate of drug-likeness (QED) is 0.497. The minimum absolute atomic E-state index is 0.00206. The minimum atomic E-state index is -0.134. The van der Waals surface area contributed by atoms with Gasteiger partial charge in [-0.05, 0) is 42.2 Å². The van der Waals surface area contributed by atoms with E-state index in [4.69, 9.17) is 9.84 Å². The fourth-order valence-corrected chi connectivity index (χ4v) is 3.87. The van der Waals surface area contributed by atoms with Crippen LogP contribution in [0.5, 0.6) is 0 Å². The largest absolute Gasteiger partial charge is 0.394 e. The Balaban J connectivity index is 1.84. The number of hydrogen-bond donors (Lipinski definition) is 1. The van der Waals surface area contributed by atoms with Crippen molar-refractivity contribution >= 4 is 34.6 Å². The molecule has 0 fully saturated rings. The number of amidine groups is 1. The van der Waals surface area contributed by atoms with Gasteiger partial charge in [0.1, 0.15) is 5.70 Å². The number of thioether (sulfide) groups is 1. The van der Waals surface area contributed by atoms with Crippen LogP contribution in [0.1, 0.15) is 36.5 Å². The maximum absolute atomic E-state index is 13.2. The van der Waals surface area contributed by atoms with E-state index in [9.17, 15) is 4.79 Å². The number of amides is 1. The first-order valence-corrected chi connectivity index (χ1v) is 11.1. The Bertz CT molecular complexity index is 918. The lowest BCUT2D eigenvalue weighted by Crippen LogP contribution is -2.30. The topological polar surface area (TPSA) is 62.1 Å². The van der Waals surface area contributed by atoms with Gasteiger partial charge in [0.15, 0.2) is 5.17 Å². The van der Waals surface area contributed by atoms with Gasteiger partial charge in [0.2, 0.25) is 0 Å². The lowest BCUT2D eigenvalue weighted by atomic mass is 10.0. The van der Waals surface area contributed by atoms with Crippen molar-refractivity contribution in [1.29, 1.82) is 0 Å². The molecular weight excluding hydrogens is 396 g/mol. The molecule has 158 valence electrons. The predicted octanol–water partition coefficient (Wildman–Crippen LogP) is 4.60. The van der Waals surface area contributed by atoms with Gasteiger partial charge in [-0.1, -0.05) is 67.6 Å². The highest BCUT2D eigenvalue weighted by Gasteiger charge is 2.31. The first-order valence-electron chi connectivity index (χ1n) is 10.1. The van der Waals surface area contributed by atoms with Gasteiger partial charge in [-0.3, -0.25) is 9.69 Å². The van der Waals surface area contributed by atoms with Gasteiger partial charge >= 0.3 is 0 Å². The van der Waals surface area contributed by atoms with E-state index in [0.717, 1.165) is 16.8 Å². The van der Waals surface area contributed by atoms with Crippen LogP contribution in [0.25, 0.3) is 6.08 Å². The van der Waals surface area contributed by atoms with Gasteiger partial charge < -0.3 is 9.84 Å². The zero-order chi connectivity index (χ0) is 21.5. The summed E-state index contributed by atoms with van der Waals surface area (Å²) in [6, 6.07) is 16.1. The van der Waals surface area contributed by atoms with E-state index in [1.165, 1.54) is 17.3 Å². The second kappa shape index (κ2) is 10.6. The van der Waals surface area contributed by atoms with Crippen LogP contribution in [0.3, 0.4) is 0 Å². The van der Waals surface area contributed by atoms with E-state index in [0.29, 0.717) is 35.7 Å². The lowest BCUT2D eigenvalue weighted by molar-refractivity contribution is -0.113. The lowest BCUT2D eigenvalue weighted by Gasteiger charge is -2.18. The van der Waals surface area contributed by atoms with Crippen LogP contribution in [-0.4, -0.2) is 41.8 Å². The third-order valence-electron chi connectivity index (χ3n) is 4.72. The Kier molecular flexibility index (Phi) is 7.85. The standard InChI is InChI=1S/C24H28N2O3S/c1-17(2)20-8-6-19(7-9-20)16-22-23(28)26(21-10-4-18(3)5-11-21)24(25-22)30-15-14-29-13-12-27/h4-11,16-17,27H,12-15H2,1-3H3/b22-16-. The first-order chi connectivity index (χ1) is 14.5. The molecule has 1 N–H and O–H groups in total. The summed E-state index contributed by atoms with van der Waals surface area (Å²) in [6.07, 6.45) is 1.84. The monoisotopic (exact) mass is 424 g/mol. The molecule has 0 unspecified atom stereocenters. The Morgan fingerprint density at radius 1 is 1.10 bits per heavy atom. The van der Waals surface area contributed by atoms with Crippen LogP contribution in [0.15, 0.2) is 59.2 Å². The van der Waals surface area contributed by atoms with Crippen LogP contribution in [0.4, 0.5) is 5.69 Å². The highest BCUT2D eigenvalue weighted by molar-refractivity contribution is 8.14. The van der Waals surface area contributed by atoms with Crippen molar-refractivity contribution in [2.45, 2.75) is 26.7 Å². The van der Waals surface area contributed by atoms with Gasteiger partial charge in [-0.15, -0.1) is 0 Å². The number of rotatable bonds is 8. The number of anilines is 1. The van der Waals surface area contributed by atoms with Crippen LogP contribution in [0, 0.1) is 6.92 Å². The van der Waals surface area contributed by atoms with Crippen LogP contribution < -0.4 is 4.90 Å². The summed E-state index contributed by atoms with van der Waals surface area (Å²) in [5.41, 5.74) is 4.57. The second-order valence-electron chi connectivity index (χ2n) is 7.41. The van der Waals surface area contributed by atoms with E-state index in [2.05, 4.69) is 31.0 Å². The van der Waals surface area contributed by atoms with Crippen molar-refractivity contribution < 1.29 is 14.6 Å². The number of ether oxygens (including phenoxy) is 1. The van der Waals surface area contributed by atoms with Crippen molar-refractivity contribution in [3.8, 4) is 0 Å². The molecule has 0 saturated carbocycles. The van der Waals surface area contributed by atoms with Gasteiger partial charge in [0.05, 0.1) is 25.5 Å². The number of aliphatic imine (C=N–C) groups is 1. The maximum atomic E-state index is 13.2. The van der Waals surface area contributed by atoms with Crippen LogP contribution >= 0.6 is 11.8 Å². The fourth-order valence-electron chi connectivity index (χ4n) is 3.01. The fraction of sp³-hybridized carbons (Fsp3) is 0.333. The number of hydrogen-bond acceptors (Lipinski definition) is 5. The smallest absolute Gasteiger partial charge is 0.283 e. The third kappa shape index (κ3) is 5.59. The van der Waals surface area contributed by atoms with Gasteiger partial charge in [0.25, 0.3) is 5.91 Å². The Hall–Kier alpha value is -2.41. The predicted molar refractivity (Wildman–Crippen MR) is 125 cm³/mol. The number of carbonyl (C=O) groups is 1. The molecule has 1 heterocycles. The molecule has 0 saturated heterocycles. The van der Waals surface area contributed by atoms with Gasteiger partial charge in [-0.2, -0.15) is 0 Å². The van der Waals surface area contributed by atoms with Crippen molar-refractivity contribution in [3.05, 3.63) is 70.9 Å². The maximum Gasteiger partial charge on any atom is 0.283 e. The molecule has 1 aliphatic heterocycles. The molecule has 0 atom stereocenters. The van der Waals surface area contributed by atoms with Crippen molar-refractivity contribution in [2.75, 3.05) is 30.5 Å². The molecule has 5 nitrogen and oxygen atoms in total. The number of aliphatic hydroxyl groups is 1. The molecule has 2 aromatic carbocycles. The van der Waals surface area contributed by atoms with Gasteiger partial charge in [0, 0.05) is 5.75 Å². The number of aliphatic hydroxyl groups excluding tert-OH is 1. The zero-order valence-corrected chi connectivity index (χ0v) is 18.5. The van der Waals surface area contributed by atoms with E-state index < -0.39 is 0 Å². The highest BCUT2D eigenvalue weighted by Crippen LogP contribution is 2.29. The summed E-state index contributed by atoms with van der Waals surface area (Å²) in [5, 5.41) is 9.47. The molecule has 0 aliphatic carbocycles. The zero-order valence-electron chi connectivity index (χ0n) is 17.7. The molecule has 2 aromatic rings. The average Bonchev–Trinajstić information content (AvgIpc) is 3.04. The second-order valence-corrected chi connectivity index (χ2v) is 8.47. The molecule has 0 spiro atoms. The summed E-state index contributed by atoms with van der Waals surface area (Å²) in [5.74, 6) is 0.974. The molecule has 3 rings (SSSR count). The van der Waals surface area contributed by atoms with Crippen molar-refractivity contribution in [1.82, 2.24) is 0 Å². The molecule has 30 heavy (non-hydrogen) atoms. The number of carbonyl (C=O) groups excluding carboxylic acids is 1. The molecular formula is C24H28N2O3S. The van der Waals surface area contributed by atoms with Crippen LogP contribution in [0.2, 0.25) is 0 Å². The molecule has 0 radical (unpaired) electrons. The average molecular weight is 425 g/mol. The molecule has 1 amide bonds. The first kappa shape index (κ1) is 22.3. The molecule has 6 heteroatoms. The minimum Gasteiger partial charge on any atom is -0.394 e. The van der Waals surface area contributed by atoms with E-state index >= 15 is 0 Å². The molecule has 0 aromatic heterocycles. The van der Waals surface area contributed by atoms with Crippen molar-refractivity contribution in [2.24, 2.45) is 4.99 Å². The summed E-state index contributed by atoms with van der Waals surface area (Å²) in [6.45, 7) is 7.13. The Morgan fingerprint density at radius 3 is 2.43 bits per heavy atom. The third-order valence-corrected chi connectivity index (χ3v) is 5.63. The number of benzene rings is 2. The van der Waals surface area contributed by atoms with Crippen LogP contribution in [-0.2, 0) is 9.53 Å². The SMILES string of the molecule is Cc1ccc(N2C(=O)/C(=C/c3ccc(C(C)C)cc3)N=C2SCCOCCO)cc1. The Labute approximate surface area is 182 Å². The summed E-state index contributed by atoms with van der Waals surface area (Å²) in [4.78, 5) is 19.5. The number of nitrogens with zero attached hydrogens (tertiary/aromatic N) is 2. The summed E-state index contributed by atoms with van der Waals surface area (Å²) >= 11 is 1.47. The number of aryl methyl sites for hydroxylation is 1. The highest BCUT2D eigenvalue weighted by atomic mass is 32.2. The Morgan fingerprint density at radius 2 is 1.80 bits per heavy atom. The normalized spacial score (nSPS) is 15.4. The van der Waals surface area contributed by atoms with E-state index in [1.54, 1.807) is 4.90 Å². The molecule has 1 aliphatic rings. The van der Waals surface area contributed by atoms with Crippen molar-refractivity contribution in [3.63, 3.8) is 0 Å². The summed E-state index contributed by atoms with van der Waals surface area (Å²) < 4.78 is 5.34. The van der Waals surface area contributed by atoms with E-state index in [-0.39, 0.29) is 12.5 Å². The van der Waals surface area contributed by atoms with Gasteiger partial charge in [-0.25, -0.2) is 4.99 Å².